The van der Waals surface area contributed by atoms with Crippen LogP contribution in [0.5, 0.6) is 0 Å². The third kappa shape index (κ3) is 2.23. The van der Waals surface area contributed by atoms with Crippen LogP contribution in [0.1, 0.15) is 5.69 Å². The van der Waals surface area contributed by atoms with Gasteiger partial charge in [0.25, 0.3) is 0 Å². The highest BCUT2D eigenvalue weighted by Gasteiger charge is 2.12. The Morgan fingerprint density at radius 3 is 2.85 bits per heavy atom. The largest absolute Gasteiger partial charge is 0.301 e. The molecule has 1 rings (SSSR count). The van der Waals surface area contributed by atoms with Crippen LogP contribution in [-0.4, -0.2) is 9.91 Å². The Morgan fingerprint density at radius 1 is 1.69 bits per heavy atom. The predicted molar refractivity (Wildman–Crippen MR) is 47.9 cm³/mol. The summed E-state index contributed by atoms with van der Waals surface area (Å²) < 4.78 is 0.158. The van der Waals surface area contributed by atoms with Crippen molar-refractivity contribution in [3.05, 3.63) is 32.5 Å². The van der Waals surface area contributed by atoms with E-state index in [1.54, 1.807) is 0 Å². The van der Waals surface area contributed by atoms with Crippen LogP contribution in [0, 0.1) is 21.4 Å². The van der Waals surface area contributed by atoms with Crippen molar-refractivity contribution < 1.29 is 4.92 Å². The molecule has 0 bridgehead atoms. The fourth-order valence-electron chi connectivity index (χ4n) is 0.780. The minimum absolute atomic E-state index is 0.0957. The number of halogens is 1. The van der Waals surface area contributed by atoms with E-state index in [1.165, 1.54) is 12.1 Å². The molecule has 5 nitrogen and oxygen atoms in total. The number of aromatic nitrogens is 1. The number of nitrogens with zero attached hydrogens (tertiary/aromatic N) is 3. The summed E-state index contributed by atoms with van der Waals surface area (Å²) in [6, 6.07) is 4.69. The van der Waals surface area contributed by atoms with Crippen molar-refractivity contribution in [2.75, 3.05) is 0 Å². The van der Waals surface area contributed by atoms with Gasteiger partial charge >= 0.3 is 5.69 Å². The molecular formula is C7H4BrN3O2. The van der Waals surface area contributed by atoms with Gasteiger partial charge in [-0.3, -0.25) is 10.1 Å². The molecule has 0 aromatic carbocycles. The second kappa shape index (κ2) is 3.96. The summed E-state index contributed by atoms with van der Waals surface area (Å²) in [5, 5.41) is 18.7. The van der Waals surface area contributed by atoms with E-state index in [-0.39, 0.29) is 16.7 Å². The topological polar surface area (TPSA) is 79.8 Å². The lowest BCUT2D eigenvalue weighted by molar-refractivity contribution is -0.386. The predicted octanol–water partition coefficient (Wildman–Crippen LogP) is 1.82. The molecule has 0 saturated heterocycles. The van der Waals surface area contributed by atoms with Crippen molar-refractivity contribution in [1.29, 1.82) is 5.26 Å². The number of pyridine rings is 1. The zero-order chi connectivity index (χ0) is 9.84. The Hall–Kier alpha value is -1.48. The number of hydrogen-bond acceptors (Lipinski definition) is 4. The molecule has 0 aliphatic heterocycles. The molecule has 0 N–H and O–H groups in total. The molecule has 0 radical (unpaired) electrons. The van der Waals surface area contributed by atoms with E-state index in [2.05, 4.69) is 20.9 Å². The van der Waals surface area contributed by atoms with Crippen LogP contribution in [-0.2, 0) is 6.42 Å². The smallest absolute Gasteiger partial charge is 0.258 e. The molecule has 6 heteroatoms. The molecule has 0 aliphatic rings. The molecule has 0 saturated carbocycles. The molecule has 66 valence electrons. The molecule has 0 fully saturated rings. The van der Waals surface area contributed by atoms with Crippen molar-refractivity contribution in [1.82, 2.24) is 4.98 Å². The Balaban J connectivity index is 3.07. The maximum Gasteiger partial charge on any atom is 0.301 e. The first-order valence-electron chi connectivity index (χ1n) is 3.32. The summed E-state index contributed by atoms with van der Waals surface area (Å²) in [7, 11) is 0. The summed E-state index contributed by atoms with van der Waals surface area (Å²) in [4.78, 5) is 13.7. The second-order valence-corrected chi connectivity index (χ2v) is 2.96. The number of rotatable bonds is 2. The Bertz CT molecular complexity index is 386. The SMILES string of the molecule is N#CCc1ccc([N+](=O)[O-])c(Br)n1. The fraction of sp³-hybridized carbons (Fsp3) is 0.143. The van der Waals surface area contributed by atoms with Gasteiger partial charge in [0.15, 0.2) is 4.60 Å². The van der Waals surface area contributed by atoms with E-state index >= 15 is 0 Å². The van der Waals surface area contributed by atoms with Gasteiger partial charge in [0.2, 0.25) is 0 Å². The Kier molecular flexibility index (Phi) is 2.93. The van der Waals surface area contributed by atoms with E-state index in [4.69, 9.17) is 5.26 Å². The van der Waals surface area contributed by atoms with Crippen LogP contribution in [0.25, 0.3) is 0 Å². The lowest BCUT2D eigenvalue weighted by atomic mass is 10.3. The minimum Gasteiger partial charge on any atom is -0.258 e. The van der Waals surface area contributed by atoms with Crippen LogP contribution in [0.2, 0.25) is 0 Å². The first-order chi connectivity index (χ1) is 6.15. The van der Waals surface area contributed by atoms with Gasteiger partial charge < -0.3 is 0 Å². The van der Waals surface area contributed by atoms with Crippen LogP contribution >= 0.6 is 15.9 Å². The summed E-state index contributed by atoms with van der Waals surface area (Å²) >= 11 is 2.96. The molecule has 1 aromatic heterocycles. The van der Waals surface area contributed by atoms with Gasteiger partial charge in [-0.25, -0.2) is 4.98 Å². The van der Waals surface area contributed by atoms with Crippen molar-refractivity contribution in [3.8, 4) is 6.07 Å². The van der Waals surface area contributed by atoms with Crippen molar-refractivity contribution in [3.63, 3.8) is 0 Å². The Labute approximate surface area is 82.3 Å². The third-order valence-corrected chi connectivity index (χ3v) is 1.93. The van der Waals surface area contributed by atoms with E-state index in [1.807, 2.05) is 6.07 Å². The second-order valence-electron chi connectivity index (χ2n) is 2.20. The minimum atomic E-state index is -0.534. The van der Waals surface area contributed by atoms with Crippen molar-refractivity contribution >= 4 is 21.6 Å². The molecule has 0 atom stereocenters. The standard InChI is InChI=1S/C7H4BrN3O2/c8-7-6(11(12)13)2-1-5(10-7)3-4-9/h1-2H,3H2. The maximum absolute atomic E-state index is 10.4. The maximum atomic E-state index is 10.4. The van der Waals surface area contributed by atoms with Gasteiger partial charge in [0.05, 0.1) is 23.1 Å². The van der Waals surface area contributed by atoms with Gasteiger partial charge in [0, 0.05) is 6.07 Å². The number of hydrogen-bond donors (Lipinski definition) is 0. The molecule has 0 spiro atoms. The highest BCUT2D eigenvalue weighted by Crippen LogP contribution is 2.22. The van der Waals surface area contributed by atoms with Crippen LogP contribution in [0.15, 0.2) is 16.7 Å². The molecule has 1 aromatic rings. The highest BCUT2D eigenvalue weighted by molar-refractivity contribution is 9.10. The molecule has 0 amide bonds. The molecule has 0 aliphatic carbocycles. The first kappa shape index (κ1) is 9.61. The molecule has 0 unspecified atom stereocenters. The number of nitriles is 1. The van der Waals surface area contributed by atoms with Gasteiger partial charge in [-0.15, -0.1) is 0 Å². The quantitative estimate of drug-likeness (QED) is 0.450. The van der Waals surface area contributed by atoms with E-state index in [9.17, 15) is 10.1 Å². The van der Waals surface area contributed by atoms with E-state index < -0.39 is 4.92 Å². The van der Waals surface area contributed by atoms with Crippen molar-refractivity contribution in [2.24, 2.45) is 0 Å². The van der Waals surface area contributed by atoms with Gasteiger partial charge in [-0.2, -0.15) is 5.26 Å². The summed E-state index contributed by atoms with van der Waals surface area (Å²) in [6.07, 6.45) is 0.149. The molecule has 1 heterocycles. The summed E-state index contributed by atoms with van der Waals surface area (Å²) in [5.41, 5.74) is 0.418. The lowest BCUT2D eigenvalue weighted by Gasteiger charge is -1.96. The number of nitro groups is 1. The summed E-state index contributed by atoms with van der Waals surface area (Å²) in [6.45, 7) is 0. The van der Waals surface area contributed by atoms with Crippen LogP contribution in [0.3, 0.4) is 0 Å². The lowest BCUT2D eigenvalue weighted by Crippen LogP contribution is -1.94. The fourth-order valence-corrected chi connectivity index (χ4v) is 1.28. The monoisotopic (exact) mass is 241 g/mol. The zero-order valence-corrected chi connectivity index (χ0v) is 7.98. The van der Waals surface area contributed by atoms with Crippen molar-refractivity contribution in [2.45, 2.75) is 6.42 Å². The third-order valence-electron chi connectivity index (χ3n) is 1.34. The molecule has 13 heavy (non-hydrogen) atoms. The van der Waals surface area contributed by atoms with Gasteiger partial charge in [-0.05, 0) is 22.0 Å². The van der Waals surface area contributed by atoms with Crippen LogP contribution < -0.4 is 0 Å². The zero-order valence-electron chi connectivity index (χ0n) is 6.40. The first-order valence-corrected chi connectivity index (χ1v) is 4.11. The van der Waals surface area contributed by atoms with E-state index in [0.717, 1.165) is 0 Å². The summed E-state index contributed by atoms with van der Waals surface area (Å²) in [5.74, 6) is 0. The van der Waals surface area contributed by atoms with Crippen LogP contribution in [0.4, 0.5) is 5.69 Å². The van der Waals surface area contributed by atoms with E-state index in [0.29, 0.717) is 5.69 Å². The highest BCUT2D eigenvalue weighted by atomic mass is 79.9. The average Bonchev–Trinajstić information content (AvgIpc) is 2.04. The normalized spacial score (nSPS) is 9.23. The Morgan fingerprint density at radius 2 is 2.38 bits per heavy atom. The van der Waals surface area contributed by atoms with Gasteiger partial charge in [-0.1, -0.05) is 0 Å². The average molecular weight is 242 g/mol. The van der Waals surface area contributed by atoms with Gasteiger partial charge in [0.1, 0.15) is 0 Å². The molecular weight excluding hydrogens is 238 g/mol.